The van der Waals surface area contributed by atoms with Gasteiger partial charge in [-0.3, -0.25) is 19.7 Å². The quantitative estimate of drug-likeness (QED) is 0.401. The third-order valence-corrected chi connectivity index (χ3v) is 6.31. The van der Waals surface area contributed by atoms with Crippen molar-refractivity contribution in [3.8, 4) is 0 Å². The molecule has 0 unspecified atom stereocenters. The first kappa shape index (κ1) is 19.3. The van der Waals surface area contributed by atoms with Crippen molar-refractivity contribution in [1.29, 1.82) is 0 Å². The molecule has 31 heavy (non-hydrogen) atoms. The van der Waals surface area contributed by atoms with E-state index in [1.54, 1.807) is 11.1 Å². The van der Waals surface area contributed by atoms with E-state index in [4.69, 9.17) is 4.98 Å². The van der Waals surface area contributed by atoms with E-state index in [1.807, 2.05) is 42.5 Å². The Morgan fingerprint density at radius 3 is 2.55 bits per heavy atom. The van der Waals surface area contributed by atoms with Gasteiger partial charge in [-0.05, 0) is 55.3 Å². The number of hydrogen-bond acceptors (Lipinski definition) is 6. The normalized spacial score (nSPS) is 11.2. The molecule has 0 aliphatic heterocycles. The number of amides is 1. The summed E-state index contributed by atoms with van der Waals surface area (Å²) < 4.78 is 1.04. The summed E-state index contributed by atoms with van der Waals surface area (Å²) in [4.78, 5) is 33.4. The molecule has 152 valence electrons. The van der Waals surface area contributed by atoms with Crippen LogP contribution in [0.3, 0.4) is 0 Å². The molecule has 0 aliphatic rings. The highest BCUT2D eigenvalue weighted by Crippen LogP contribution is 2.33. The van der Waals surface area contributed by atoms with E-state index in [0.29, 0.717) is 17.2 Å². The van der Waals surface area contributed by atoms with Gasteiger partial charge in [0.05, 0.1) is 39.7 Å². The molecule has 0 spiro atoms. The lowest BCUT2D eigenvalue weighted by atomic mass is 10.1. The van der Waals surface area contributed by atoms with Crippen molar-refractivity contribution >= 4 is 43.6 Å². The molecule has 0 aliphatic carbocycles. The molecule has 0 saturated heterocycles. The average molecular weight is 426 g/mol. The Balaban J connectivity index is 1.61. The maximum absolute atomic E-state index is 13.6. The second kappa shape index (κ2) is 7.85. The number of fused-ring (bicyclic) bond motifs is 2. The molecule has 7 heteroatoms. The first-order chi connectivity index (χ1) is 15.1. The van der Waals surface area contributed by atoms with Crippen molar-refractivity contribution in [3.05, 3.63) is 89.5 Å². The molecule has 5 aromatic rings. The average Bonchev–Trinajstić information content (AvgIpc) is 3.25. The number of benzene rings is 2. The number of nitrogens with zero attached hydrogens (tertiary/aromatic N) is 5. The zero-order valence-corrected chi connectivity index (χ0v) is 17.9. The number of aromatic nitrogens is 4. The van der Waals surface area contributed by atoms with Crippen LogP contribution in [0.2, 0.25) is 0 Å². The molecule has 3 aromatic heterocycles. The number of para-hydroxylation sites is 2. The van der Waals surface area contributed by atoms with Crippen LogP contribution in [0, 0.1) is 13.8 Å². The van der Waals surface area contributed by atoms with Gasteiger partial charge in [0.15, 0.2) is 5.13 Å². The Morgan fingerprint density at radius 1 is 0.935 bits per heavy atom. The van der Waals surface area contributed by atoms with E-state index >= 15 is 0 Å². The summed E-state index contributed by atoms with van der Waals surface area (Å²) in [6, 6.07) is 17.3. The van der Waals surface area contributed by atoms with Gasteiger partial charge in [-0.15, -0.1) is 0 Å². The van der Waals surface area contributed by atoms with E-state index in [-0.39, 0.29) is 11.6 Å². The van der Waals surface area contributed by atoms with Crippen molar-refractivity contribution in [2.75, 3.05) is 4.90 Å². The molecular formula is C24H19N5OS. The Morgan fingerprint density at radius 2 is 1.74 bits per heavy atom. The predicted octanol–water partition coefficient (Wildman–Crippen LogP) is 5.10. The summed E-state index contributed by atoms with van der Waals surface area (Å²) in [5.41, 5.74) is 5.70. The maximum Gasteiger partial charge on any atom is 0.280 e. The monoisotopic (exact) mass is 425 g/mol. The van der Waals surface area contributed by atoms with E-state index in [9.17, 15) is 4.79 Å². The minimum Gasteiger partial charge on any atom is -0.276 e. The summed E-state index contributed by atoms with van der Waals surface area (Å²) in [5.74, 6) is -0.252. The Hall–Kier alpha value is -3.71. The molecule has 0 bridgehead atoms. The van der Waals surface area contributed by atoms with Gasteiger partial charge in [0, 0.05) is 6.20 Å². The van der Waals surface area contributed by atoms with Crippen LogP contribution in [0.15, 0.2) is 67.0 Å². The number of thiazole rings is 1. The van der Waals surface area contributed by atoms with Crippen molar-refractivity contribution < 1.29 is 4.79 Å². The van der Waals surface area contributed by atoms with Gasteiger partial charge < -0.3 is 0 Å². The van der Waals surface area contributed by atoms with E-state index in [1.165, 1.54) is 23.1 Å². The zero-order valence-electron chi connectivity index (χ0n) is 17.1. The molecule has 0 fully saturated rings. The molecule has 1 amide bonds. The smallest absolute Gasteiger partial charge is 0.276 e. The van der Waals surface area contributed by atoms with Crippen LogP contribution in [0.25, 0.3) is 21.3 Å². The zero-order chi connectivity index (χ0) is 21.4. The highest BCUT2D eigenvalue weighted by atomic mass is 32.1. The predicted molar refractivity (Wildman–Crippen MR) is 123 cm³/mol. The number of pyridine rings is 1. The van der Waals surface area contributed by atoms with Gasteiger partial charge in [-0.1, -0.05) is 35.6 Å². The first-order valence-corrected chi connectivity index (χ1v) is 10.7. The maximum atomic E-state index is 13.6. The van der Waals surface area contributed by atoms with Crippen molar-refractivity contribution in [3.63, 3.8) is 0 Å². The fourth-order valence-corrected chi connectivity index (χ4v) is 4.43. The van der Waals surface area contributed by atoms with Gasteiger partial charge in [-0.25, -0.2) is 9.97 Å². The van der Waals surface area contributed by atoms with Crippen LogP contribution in [0.1, 0.15) is 27.3 Å². The molecule has 0 atom stereocenters. The third-order valence-electron chi connectivity index (χ3n) is 5.26. The second-order valence-electron chi connectivity index (χ2n) is 7.31. The summed E-state index contributed by atoms with van der Waals surface area (Å²) in [5, 5.41) is 0.620. The number of hydrogen-bond donors (Lipinski definition) is 0. The van der Waals surface area contributed by atoms with Crippen molar-refractivity contribution in [1.82, 2.24) is 19.9 Å². The van der Waals surface area contributed by atoms with Crippen LogP contribution < -0.4 is 4.90 Å². The van der Waals surface area contributed by atoms with Crippen LogP contribution in [0.5, 0.6) is 0 Å². The van der Waals surface area contributed by atoms with E-state index in [2.05, 4.69) is 40.9 Å². The van der Waals surface area contributed by atoms with Gasteiger partial charge >= 0.3 is 0 Å². The highest BCUT2D eigenvalue weighted by Gasteiger charge is 2.24. The molecule has 0 saturated carbocycles. The van der Waals surface area contributed by atoms with Crippen LogP contribution in [-0.4, -0.2) is 25.8 Å². The Labute approximate surface area is 183 Å². The van der Waals surface area contributed by atoms with Gasteiger partial charge in [0.2, 0.25) is 0 Å². The van der Waals surface area contributed by atoms with Crippen molar-refractivity contribution in [2.45, 2.75) is 20.4 Å². The molecule has 6 nitrogen and oxygen atoms in total. The highest BCUT2D eigenvalue weighted by molar-refractivity contribution is 7.22. The first-order valence-electron chi connectivity index (χ1n) is 9.90. The molecule has 2 aromatic carbocycles. The lowest BCUT2D eigenvalue weighted by Gasteiger charge is -2.19. The lowest BCUT2D eigenvalue weighted by Crippen LogP contribution is -2.31. The van der Waals surface area contributed by atoms with Gasteiger partial charge in [0.1, 0.15) is 5.69 Å². The van der Waals surface area contributed by atoms with E-state index < -0.39 is 0 Å². The van der Waals surface area contributed by atoms with Gasteiger partial charge in [-0.2, -0.15) is 0 Å². The Bertz CT molecular complexity index is 1410. The summed E-state index contributed by atoms with van der Waals surface area (Å²) >= 11 is 1.49. The van der Waals surface area contributed by atoms with E-state index in [0.717, 1.165) is 27.0 Å². The fourth-order valence-electron chi connectivity index (χ4n) is 3.41. The minimum atomic E-state index is -0.252. The number of carbonyl (C=O) groups excluding carboxylic acids is 1. The molecule has 3 heterocycles. The number of anilines is 1. The number of rotatable bonds is 4. The summed E-state index contributed by atoms with van der Waals surface area (Å²) in [7, 11) is 0. The molecule has 0 N–H and O–H groups in total. The largest absolute Gasteiger partial charge is 0.280 e. The van der Waals surface area contributed by atoms with Gasteiger partial charge in [0.25, 0.3) is 5.91 Å². The van der Waals surface area contributed by atoms with Crippen LogP contribution in [0.4, 0.5) is 5.13 Å². The second-order valence-corrected chi connectivity index (χ2v) is 8.32. The number of aryl methyl sites for hydroxylation is 2. The lowest BCUT2D eigenvalue weighted by molar-refractivity contribution is 0.0980. The SMILES string of the molecule is Cc1ccc2sc(N(Cc3ccccn3)C(=O)c3cnc4ccccc4n3)nc2c1C. The molecule has 0 radical (unpaired) electrons. The van der Waals surface area contributed by atoms with Crippen LogP contribution in [-0.2, 0) is 6.54 Å². The fraction of sp³-hybridized carbons (Fsp3) is 0.125. The topological polar surface area (TPSA) is 71.9 Å². The molecular weight excluding hydrogens is 406 g/mol. The summed E-state index contributed by atoms with van der Waals surface area (Å²) in [6.45, 7) is 4.42. The Kier molecular flexibility index (Phi) is 4.88. The van der Waals surface area contributed by atoms with Crippen molar-refractivity contribution in [2.24, 2.45) is 0 Å². The minimum absolute atomic E-state index is 0.252. The third kappa shape index (κ3) is 3.64. The standard InChI is InChI=1S/C24H19N5OS/c1-15-10-11-21-22(16(15)2)28-24(31-21)29(14-17-7-5-6-12-25-17)23(30)20-13-26-18-8-3-4-9-19(18)27-20/h3-13H,14H2,1-2H3. The van der Waals surface area contributed by atoms with Crippen LogP contribution >= 0.6 is 11.3 Å². The summed E-state index contributed by atoms with van der Waals surface area (Å²) in [6.07, 6.45) is 3.25. The number of carbonyl (C=O) groups is 1. The molecule has 5 rings (SSSR count).